The highest BCUT2D eigenvalue weighted by molar-refractivity contribution is 6.12. The number of hydrogen-bond acceptors (Lipinski definition) is 3. The number of rotatable bonds is 5. The fourth-order valence-electron chi connectivity index (χ4n) is 2.53. The molecule has 0 unspecified atom stereocenters. The lowest BCUT2D eigenvalue weighted by atomic mass is 9.87. The zero-order valence-corrected chi connectivity index (χ0v) is 14.7. The third-order valence-electron chi connectivity index (χ3n) is 3.86. The van der Waals surface area contributed by atoms with E-state index in [0.29, 0.717) is 17.7 Å². The third-order valence-corrected chi connectivity index (χ3v) is 3.86. The highest BCUT2D eigenvalue weighted by atomic mass is 16.1. The average molecular weight is 323 g/mol. The Morgan fingerprint density at radius 1 is 1.12 bits per heavy atom. The largest absolute Gasteiger partial charge is 0.385 e. The van der Waals surface area contributed by atoms with Gasteiger partial charge in [0.15, 0.2) is 0 Å². The molecular formula is C20H25N3O. The maximum Gasteiger partial charge on any atom is 0.258 e. The number of carbonyl (C=O) groups excluding carboxylic acids is 1. The van der Waals surface area contributed by atoms with Gasteiger partial charge in [-0.15, -0.1) is 0 Å². The molecule has 0 atom stereocenters. The molecule has 2 aromatic rings. The van der Waals surface area contributed by atoms with Crippen LogP contribution in [-0.4, -0.2) is 18.7 Å². The molecule has 0 aromatic heterocycles. The summed E-state index contributed by atoms with van der Waals surface area (Å²) >= 11 is 0. The first kappa shape index (κ1) is 17.7. The lowest BCUT2D eigenvalue weighted by molar-refractivity contribution is 0.102. The Labute approximate surface area is 143 Å². The molecule has 0 saturated carbocycles. The normalized spacial score (nSPS) is 11.0. The average Bonchev–Trinajstić information content (AvgIpc) is 2.54. The number of benzene rings is 2. The first-order chi connectivity index (χ1) is 11.4. The van der Waals surface area contributed by atoms with Gasteiger partial charge in [-0.05, 0) is 36.1 Å². The van der Waals surface area contributed by atoms with Gasteiger partial charge in [-0.2, -0.15) is 0 Å². The van der Waals surface area contributed by atoms with Crippen molar-refractivity contribution in [3.63, 3.8) is 0 Å². The van der Waals surface area contributed by atoms with E-state index in [4.69, 9.17) is 5.41 Å². The van der Waals surface area contributed by atoms with Crippen molar-refractivity contribution in [2.24, 2.45) is 0 Å². The molecule has 2 aromatic carbocycles. The lowest BCUT2D eigenvalue weighted by Gasteiger charge is -2.19. The summed E-state index contributed by atoms with van der Waals surface area (Å²) in [5.41, 5.74) is 3.87. The van der Waals surface area contributed by atoms with Crippen LogP contribution in [-0.2, 0) is 5.41 Å². The van der Waals surface area contributed by atoms with Gasteiger partial charge in [0.05, 0.1) is 5.56 Å². The fourth-order valence-corrected chi connectivity index (χ4v) is 2.53. The second-order valence-electron chi connectivity index (χ2n) is 6.73. The Morgan fingerprint density at radius 3 is 2.33 bits per heavy atom. The molecule has 0 fully saturated rings. The van der Waals surface area contributed by atoms with Gasteiger partial charge in [0, 0.05) is 29.7 Å². The molecule has 1 amide bonds. The number of carbonyl (C=O) groups is 1. The van der Waals surface area contributed by atoms with E-state index in [1.807, 2.05) is 43.3 Å². The van der Waals surface area contributed by atoms with Crippen LogP contribution in [0.3, 0.4) is 0 Å². The molecule has 0 aliphatic carbocycles. The molecule has 0 heterocycles. The van der Waals surface area contributed by atoms with Gasteiger partial charge in [0.25, 0.3) is 5.91 Å². The topological polar surface area (TPSA) is 65.0 Å². The Kier molecular flexibility index (Phi) is 5.39. The van der Waals surface area contributed by atoms with E-state index in [0.717, 1.165) is 11.4 Å². The minimum Gasteiger partial charge on any atom is -0.385 e. The van der Waals surface area contributed by atoms with Gasteiger partial charge < -0.3 is 16.0 Å². The van der Waals surface area contributed by atoms with E-state index in [1.165, 1.54) is 11.8 Å². The minimum atomic E-state index is -0.214. The third kappa shape index (κ3) is 4.02. The fraction of sp³-hybridized carbons (Fsp3) is 0.300. The monoisotopic (exact) mass is 323 g/mol. The van der Waals surface area contributed by atoms with Crippen LogP contribution in [0.4, 0.5) is 11.4 Å². The highest BCUT2D eigenvalue weighted by Gasteiger charge is 2.16. The molecule has 0 spiro atoms. The maximum atomic E-state index is 12.7. The summed E-state index contributed by atoms with van der Waals surface area (Å²) in [6.07, 6.45) is 1.21. The standard InChI is InChI=1S/C20H25N3O/c1-5-22-17-8-6-7-14(13-21)18(17)19(24)23-16-11-9-15(10-12-16)20(2,3)4/h6-13,21-22H,5H2,1-4H3,(H,23,24). The van der Waals surface area contributed by atoms with Gasteiger partial charge in [0.2, 0.25) is 0 Å². The summed E-state index contributed by atoms with van der Waals surface area (Å²) in [7, 11) is 0. The van der Waals surface area contributed by atoms with Crippen molar-refractivity contribution in [2.45, 2.75) is 33.1 Å². The van der Waals surface area contributed by atoms with Crippen molar-refractivity contribution in [2.75, 3.05) is 17.2 Å². The van der Waals surface area contributed by atoms with E-state index in [-0.39, 0.29) is 11.3 Å². The lowest BCUT2D eigenvalue weighted by Crippen LogP contribution is -2.17. The molecule has 24 heavy (non-hydrogen) atoms. The van der Waals surface area contributed by atoms with Crippen LogP contribution in [0.25, 0.3) is 0 Å². The summed E-state index contributed by atoms with van der Waals surface area (Å²) in [4.78, 5) is 12.7. The van der Waals surface area contributed by atoms with E-state index < -0.39 is 0 Å². The summed E-state index contributed by atoms with van der Waals surface area (Å²) in [6.45, 7) is 9.16. The maximum absolute atomic E-state index is 12.7. The zero-order chi connectivity index (χ0) is 17.7. The molecule has 0 radical (unpaired) electrons. The van der Waals surface area contributed by atoms with E-state index in [1.54, 1.807) is 6.07 Å². The van der Waals surface area contributed by atoms with Gasteiger partial charge in [-0.1, -0.05) is 45.0 Å². The quantitative estimate of drug-likeness (QED) is 0.700. The molecule has 0 aliphatic rings. The Bertz CT molecular complexity index is 728. The molecule has 126 valence electrons. The van der Waals surface area contributed by atoms with Gasteiger partial charge in [-0.3, -0.25) is 4.79 Å². The van der Waals surface area contributed by atoms with Crippen LogP contribution in [0, 0.1) is 5.41 Å². The Balaban J connectivity index is 2.28. The molecule has 4 heteroatoms. The van der Waals surface area contributed by atoms with Gasteiger partial charge in [-0.25, -0.2) is 0 Å². The number of nitrogens with one attached hydrogen (secondary N) is 3. The Hall–Kier alpha value is -2.62. The van der Waals surface area contributed by atoms with E-state index in [2.05, 4.69) is 31.4 Å². The van der Waals surface area contributed by atoms with Crippen molar-refractivity contribution in [3.05, 3.63) is 59.2 Å². The van der Waals surface area contributed by atoms with Crippen molar-refractivity contribution in [1.82, 2.24) is 0 Å². The molecule has 0 bridgehead atoms. The van der Waals surface area contributed by atoms with Crippen LogP contribution in [0.2, 0.25) is 0 Å². The molecular weight excluding hydrogens is 298 g/mol. The van der Waals surface area contributed by atoms with E-state index in [9.17, 15) is 4.79 Å². The number of anilines is 2. The number of hydrogen-bond donors (Lipinski definition) is 3. The van der Waals surface area contributed by atoms with Crippen LogP contribution >= 0.6 is 0 Å². The van der Waals surface area contributed by atoms with Crippen molar-refractivity contribution >= 4 is 23.5 Å². The van der Waals surface area contributed by atoms with Gasteiger partial charge in [0.1, 0.15) is 0 Å². The zero-order valence-electron chi connectivity index (χ0n) is 14.7. The molecule has 3 N–H and O–H groups in total. The number of amides is 1. The van der Waals surface area contributed by atoms with Gasteiger partial charge >= 0.3 is 0 Å². The molecule has 2 rings (SSSR count). The second kappa shape index (κ2) is 7.30. The summed E-state index contributed by atoms with van der Waals surface area (Å²) in [5, 5.41) is 13.7. The van der Waals surface area contributed by atoms with Crippen LogP contribution < -0.4 is 10.6 Å². The summed E-state index contributed by atoms with van der Waals surface area (Å²) in [5.74, 6) is -0.214. The molecule has 0 aliphatic heterocycles. The van der Waals surface area contributed by atoms with Crippen molar-refractivity contribution < 1.29 is 4.79 Å². The second-order valence-corrected chi connectivity index (χ2v) is 6.73. The smallest absolute Gasteiger partial charge is 0.258 e. The predicted molar refractivity (Wildman–Crippen MR) is 102 cm³/mol. The van der Waals surface area contributed by atoms with Crippen molar-refractivity contribution in [1.29, 1.82) is 5.41 Å². The molecule has 4 nitrogen and oxygen atoms in total. The van der Waals surface area contributed by atoms with Crippen molar-refractivity contribution in [3.8, 4) is 0 Å². The molecule has 0 saturated heterocycles. The van der Waals surface area contributed by atoms with E-state index >= 15 is 0 Å². The Morgan fingerprint density at radius 2 is 1.79 bits per heavy atom. The first-order valence-electron chi connectivity index (χ1n) is 8.16. The predicted octanol–water partition coefficient (Wildman–Crippen LogP) is 4.67. The summed E-state index contributed by atoms with van der Waals surface area (Å²) in [6, 6.07) is 13.4. The highest BCUT2D eigenvalue weighted by Crippen LogP contribution is 2.25. The minimum absolute atomic E-state index is 0.0769. The van der Waals surface area contributed by atoms with Crippen LogP contribution in [0.5, 0.6) is 0 Å². The van der Waals surface area contributed by atoms with Crippen LogP contribution in [0.1, 0.15) is 49.2 Å². The SMILES string of the molecule is CCNc1cccc(C=N)c1C(=O)Nc1ccc(C(C)(C)C)cc1. The first-order valence-corrected chi connectivity index (χ1v) is 8.16. The van der Waals surface area contributed by atoms with Crippen LogP contribution in [0.15, 0.2) is 42.5 Å². The summed E-state index contributed by atoms with van der Waals surface area (Å²) < 4.78 is 0.